The molecule has 0 bridgehead atoms. The minimum atomic E-state index is -0.119. The van der Waals surface area contributed by atoms with E-state index in [0.717, 1.165) is 12.0 Å². The van der Waals surface area contributed by atoms with E-state index >= 15 is 0 Å². The molecule has 2 aromatic rings. The van der Waals surface area contributed by atoms with Crippen LogP contribution in [-0.2, 0) is 6.42 Å². The minimum absolute atomic E-state index is 0.0462. The van der Waals surface area contributed by atoms with Crippen LogP contribution in [0.25, 0.3) is 0 Å². The summed E-state index contributed by atoms with van der Waals surface area (Å²) in [6.45, 7) is 5.21. The van der Waals surface area contributed by atoms with E-state index < -0.39 is 0 Å². The van der Waals surface area contributed by atoms with Crippen LogP contribution in [0.4, 0.5) is 0 Å². The van der Waals surface area contributed by atoms with Gasteiger partial charge in [-0.1, -0.05) is 44.2 Å². The predicted octanol–water partition coefficient (Wildman–Crippen LogP) is 3.66. The van der Waals surface area contributed by atoms with E-state index in [1.807, 2.05) is 24.3 Å². The van der Waals surface area contributed by atoms with Gasteiger partial charge >= 0.3 is 0 Å². The maximum Gasteiger partial charge on any atom is 0.211 e. The molecular formula is C20H21NO3. The van der Waals surface area contributed by atoms with Crippen molar-refractivity contribution < 1.29 is 14.6 Å². The summed E-state index contributed by atoms with van der Waals surface area (Å²) < 4.78 is 5.67. The Balaban J connectivity index is 1.93. The molecule has 0 saturated carbocycles. The Bertz CT molecular complexity index is 779. The van der Waals surface area contributed by atoms with Gasteiger partial charge in [-0.3, -0.25) is 9.79 Å². The third-order valence-corrected chi connectivity index (χ3v) is 3.91. The first-order chi connectivity index (χ1) is 11.6. The molecule has 0 amide bonds. The average Bonchev–Trinajstić information content (AvgIpc) is 2.59. The van der Waals surface area contributed by atoms with Gasteiger partial charge in [0.15, 0.2) is 11.5 Å². The second kappa shape index (κ2) is 6.87. The molecule has 3 rings (SSSR count). The third-order valence-electron chi connectivity index (χ3n) is 3.91. The van der Waals surface area contributed by atoms with Crippen molar-refractivity contribution in [2.45, 2.75) is 20.3 Å². The number of benzene rings is 2. The highest BCUT2D eigenvalue weighted by atomic mass is 16.5. The molecule has 0 fully saturated rings. The van der Waals surface area contributed by atoms with Crippen molar-refractivity contribution in [2.24, 2.45) is 10.9 Å². The van der Waals surface area contributed by atoms with Gasteiger partial charge in [0.25, 0.3) is 0 Å². The molecule has 4 heteroatoms. The van der Waals surface area contributed by atoms with Crippen molar-refractivity contribution >= 4 is 11.5 Å². The normalized spacial score (nSPS) is 13.4. The lowest BCUT2D eigenvalue weighted by molar-refractivity contribution is 0.106. The van der Waals surface area contributed by atoms with Gasteiger partial charge in [-0.15, -0.1) is 0 Å². The molecule has 1 aliphatic rings. The molecule has 1 aliphatic heterocycles. The summed E-state index contributed by atoms with van der Waals surface area (Å²) in [5, 5.41) is 10.3. The fourth-order valence-corrected chi connectivity index (χ4v) is 2.70. The Morgan fingerprint density at radius 2 is 2.00 bits per heavy atom. The largest absolute Gasteiger partial charge is 0.504 e. The molecule has 2 aromatic carbocycles. The number of aromatic hydroxyl groups is 1. The van der Waals surface area contributed by atoms with Gasteiger partial charge in [0.2, 0.25) is 5.78 Å². The van der Waals surface area contributed by atoms with E-state index in [1.165, 1.54) is 0 Å². The van der Waals surface area contributed by atoms with Crippen LogP contribution in [0.2, 0.25) is 0 Å². The molecular weight excluding hydrogens is 302 g/mol. The lowest BCUT2D eigenvalue weighted by atomic mass is 9.92. The van der Waals surface area contributed by atoms with Crippen LogP contribution < -0.4 is 4.74 Å². The number of ether oxygens (including phenoxy) is 1. The Morgan fingerprint density at radius 1 is 1.25 bits per heavy atom. The number of rotatable bonds is 5. The van der Waals surface area contributed by atoms with Crippen molar-refractivity contribution in [1.29, 1.82) is 0 Å². The first-order valence-corrected chi connectivity index (χ1v) is 8.19. The van der Waals surface area contributed by atoms with Crippen molar-refractivity contribution in [3.63, 3.8) is 0 Å². The van der Waals surface area contributed by atoms with E-state index in [1.54, 1.807) is 18.2 Å². The summed E-state index contributed by atoms with van der Waals surface area (Å²) >= 11 is 0. The molecule has 1 heterocycles. The van der Waals surface area contributed by atoms with Crippen LogP contribution >= 0.6 is 0 Å². The maximum atomic E-state index is 12.7. The molecule has 0 aromatic heterocycles. The van der Waals surface area contributed by atoms with Crippen LogP contribution in [0.1, 0.15) is 35.3 Å². The smallest absolute Gasteiger partial charge is 0.211 e. The lowest BCUT2D eigenvalue weighted by Gasteiger charge is -2.19. The standard InChI is InChI=1S/C20H21NO3/c1-13(2)12-24-18-10-15-8-9-21-19(16(15)11-17(18)22)20(23)14-6-4-3-5-7-14/h3-7,10-11,13,22H,8-9,12H2,1-2H3. The number of fused-ring (bicyclic) bond motifs is 1. The zero-order valence-corrected chi connectivity index (χ0v) is 14.0. The average molecular weight is 323 g/mol. The Labute approximate surface area is 141 Å². The Morgan fingerprint density at radius 3 is 2.71 bits per heavy atom. The zero-order chi connectivity index (χ0) is 17.1. The van der Waals surface area contributed by atoms with Gasteiger partial charge < -0.3 is 9.84 Å². The monoisotopic (exact) mass is 323 g/mol. The molecule has 0 unspecified atom stereocenters. The fourth-order valence-electron chi connectivity index (χ4n) is 2.70. The summed E-state index contributed by atoms with van der Waals surface area (Å²) in [7, 11) is 0. The summed E-state index contributed by atoms with van der Waals surface area (Å²) in [6, 6.07) is 12.5. The number of aliphatic imine (C=N–C) groups is 1. The molecule has 24 heavy (non-hydrogen) atoms. The van der Waals surface area contributed by atoms with Crippen LogP contribution in [0.15, 0.2) is 47.5 Å². The molecule has 0 radical (unpaired) electrons. The van der Waals surface area contributed by atoms with Crippen molar-refractivity contribution in [3.05, 3.63) is 59.2 Å². The Kier molecular flexibility index (Phi) is 4.65. The van der Waals surface area contributed by atoms with Crippen LogP contribution in [-0.4, -0.2) is 29.8 Å². The van der Waals surface area contributed by atoms with Crippen molar-refractivity contribution in [1.82, 2.24) is 0 Å². The first-order valence-electron chi connectivity index (χ1n) is 8.19. The lowest BCUT2D eigenvalue weighted by Crippen LogP contribution is -2.22. The number of hydrogen-bond acceptors (Lipinski definition) is 4. The van der Waals surface area contributed by atoms with E-state index in [2.05, 4.69) is 18.8 Å². The van der Waals surface area contributed by atoms with E-state index in [-0.39, 0.29) is 11.5 Å². The van der Waals surface area contributed by atoms with Gasteiger partial charge in [-0.05, 0) is 30.0 Å². The van der Waals surface area contributed by atoms with Crippen molar-refractivity contribution in [2.75, 3.05) is 13.2 Å². The van der Waals surface area contributed by atoms with Crippen LogP contribution in [0, 0.1) is 5.92 Å². The minimum Gasteiger partial charge on any atom is -0.504 e. The van der Waals surface area contributed by atoms with Gasteiger partial charge in [0.1, 0.15) is 5.71 Å². The molecule has 0 aliphatic carbocycles. The second-order valence-corrected chi connectivity index (χ2v) is 6.36. The number of ketones is 1. The summed E-state index contributed by atoms with van der Waals surface area (Å²) in [5.41, 5.74) is 2.70. The maximum absolute atomic E-state index is 12.7. The van der Waals surface area contributed by atoms with Crippen LogP contribution in [0.5, 0.6) is 11.5 Å². The van der Waals surface area contributed by atoms with Gasteiger partial charge in [0.05, 0.1) is 6.61 Å². The molecule has 0 spiro atoms. The summed E-state index contributed by atoms with van der Waals surface area (Å²) in [5.74, 6) is 0.768. The first kappa shape index (κ1) is 16.2. The highest BCUT2D eigenvalue weighted by Crippen LogP contribution is 2.32. The SMILES string of the molecule is CC(C)COc1cc2c(cc1O)C(C(=O)c1ccccc1)=NCC2. The summed E-state index contributed by atoms with van der Waals surface area (Å²) in [6.07, 6.45) is 0.735. The number of Topliss-reactive ketones (excluding diaryl/α,β-unsaturated/α-hetero) is 1. The summed E-state index contributed by atoms with van der Waals surface area (Å²) in [4.78, 5) is 17.1. The zero-order valence-electron chi connectivity index (χ0n) is 14.0. The van der Waals surface area contributed by atoms with E-state index in [4.69, 9.17) is 4.74 Å². The van der Waals surface area contributed by atoms with Crippen molar-refractivity contribution in [3.8, 4) is 11.5 Å². The number of carbonyl (C=O) groups is 1. The molecule has 1 N–H and O–H groups in total. The van der Waals surface area contributed by atoms with Crippen LogP contribution in [0.3, 0.4) is 0 Å². The number of carbonyl (C=O) groups excluding carboxylic acids is 1. The number of hydrogen-bond donors (Lipinski definition) is 1. The fraction of sp³-hybridized carbons (Fsp3) is 0.300. The van der Waals surface area contributed by atoms with Gasteiger partial charge in [-0.25, -0.2) is 0 Å². The molecule has 4 nitrogen and oxygen atoms in total. The number of phenolic OH excluding ortho intramolecular Hbond substituents is 1. The molecule has 124 valence electrons. The quantitative estimate of drug-likeness (QED) is 0.854. The van der Waals surface area contributed by atoms with Gasteiger partial charge in [0, 0.05) is 17.7 Å². The Hall–Kier alpha value is -2.62. The van der Waals surface area contributed by atoms with E-state index in [0.29, 0.717) is 41.7 Å². The number of nitrogens with zero attached hydrogens (tertiary/aromatic N) is 1. The van der Waals surface area contributed by atoms with Gasteiger partial charge in [-0.2, -0.15) is 0 Å². The predicted molar refractivity (Wildman–Crippen MR) is 94.3 cm³/mol. The second-order valence-electron chi connectivity index (χ2n) is 6.36. The third kappa shape index (κ3) is 3.32. The topological polar surface area (TPSA) is 58.9 Å². The highest BCUT2D eigenvalue weighted by Gasteiger charge is 2.23. The molecule has 0 atom stereocenters. The number of phenols is 1. The molecule has 0 saturated heterocycles. The van der Waals surface area contributed by atoms with E-state index in [9.17, 15) is 9.90 Å². The highest BCUT2D eigenvalue weighted by molar-refractivity contribution is 6.51.